The number of hydrogen-bond acceptors (Lipinski definition) is 6. The topological polar surface area (TPSA) is 112 Å². The maximum atomic E-state index is 8.49. The molecule has 0 bridgehead atoms. The van der Waals surface area contributed by atoms with Crippen LogP contribution in [0.15, 0.2) is 47.6 Å². The molecule has 25 heavy (non-hydrogen) atoms. The Morgan fingerprint density at radius 2 is 1.60 bits per heavy atom. The fourth-order valence-electron chi connectivity index (χ4n) is 2.08. The summed E-state index contributed by atoms with van der Waals surface area (Å²) in [6, 6.07) is 14.6. The van der Waals surface area contributed by atoms with Gasteiger partial charge in [-0.05, 0) is 28.9 Å². The van der Waals surface area contributed by atoms with Crippen molar-refractivity contribution in [3.63, 3.8) is 0 Å². The zero-order valence-electron chi connectivity index (χ0n) is 14.7. The van der Waals surface area contributed by atoms with Gasteiger partial charge in [-0.3, -0.25) is 0 Å². The van der Waals surface area contributed by atoms with Gasteiger partial charge in [0.05, 0.1) is 0 Å². The number of benzene rings is 1. The molecule has 0 spiro atoms. The van der Waals surface area contributed by atoms with Crippen molar-refractivity contribution in [1.29, 1.82) is 0 Å². The van der Waals surface area contributed by atoms with Crippen molar-refractivity contribution in [2.75, 3.05) is 19.0 Å². The lowest BCUT2D eigenvalue weighted by molar-refractivity contribution is -2.00. The van der Waals surface area contributed by atoms with Gasteiger partial charge in [0.2, 0.25) is 11.4 Å². The summed E-state index contributed by atoms with van der Waals surface area (Å²) in [7, 11) is -0.862. The standard InChI is InChI=1S/C17H22N3.ClHO4/c1-5-16-8-6-7-14(2)20(16)18-13-15-9-11-17(12-10-15)19(3)4;2-1(3,4)5/h6-13H,5H2,1-4H3;(H,2,3,4,5)/q+1;/p-1. The van der Waals surface area contributed by atoms with Crippen LogP contribution in [0.5, 0.6) is 0 Å². The van der Waals surface area contributed by atoms with E-state index >= 15 is 0 Å². The van der Waals surface area contributed by atoms with Gasteiger partial charge in [-0.25, -0.2) is 18.6 Å². The number of halogens is 1. The van der Waals surface area contributed by atoms with Crippen molar-refractivity contribution >= 4 is 11.9 Å². The van der Waals surface area contributed by atoms with Gasteiger partial charge < -0.3 is 4.90 Å². The summed E-state index contributed by atoms with van der Waals surface area (Å²) >= 11 is 0. The first-order chi connectivity index (χ1) is 11.6. The van der Waals surface area contributed by atoms with Gasteiger partial charge in [0.15, 0.2) is 0 Å². The van der Waals surface area contributed by atoms with Gasteiger partial charge in [-0.1, -0.05) is 23.7 Å². The Morgan fingerprint density at radius 1 is 1.04 bits per heavy atom. The molecule has 2 aromatic rings. The highest BCUT2D eigenvalue weighted by Gasteiger charge is 2.10. The van der Waals surface area contributed by atoms with E-state index in [0.29, 0.717) is 0 Å². The smallest absolute Gasteiger partial charge is 0.214 e. The molecule has 0 N–H and O–H groups in total. The van der Waals surface area contributed by atoms with E-state index in [4.69, 9.17) is 18.6 Å². The van der Waals surface area contributed by atoms with E-state index in [1.165, 1.54) is 11.4 Å². The summed E-state index contributed by atoms with van der Waals surface area (Å²) < 4.78 is 36.0. The summed E-state index contributed by atoms with van der Waals surface area (Å²) in [4.78, 5) is 2.09. The molecule has 0 radical (unpaired) electrons. The lowest BCUT2D eigenvalue weighted by Gasteiger charge is -2.17. The summed E-state index contributed by atoms with van der Waals surface area (Å²) in [6.45, 7) is 4.22. The van der Waals surface area contributed by atoms with Crippen LogP contribution in [-0.2, 0) is 6.42 Å². The Hall–Kier alpha value is -2.03. The molecule has 1 aromatic heterocycles. The van der Waals surface area contributed by atoms with Crippen LogP contribution < -0.4 is 28.2 Å². The first-order valence-corrected chi connectivity index (χ1v) is 8.79. The monoisotopic (exact) mass is 367 g/mol. The van der Waals surface area contributed by atoms with Crippen molar-refractivity contribution in [3.8, 4) is 0 Å². The third-order valence-electron chi connectivity index (χ3n) is 3.33. The molecule has 0 amide bonds. The first kappa shape index (κ1) is 21.0. The third kappa shape index (κ3) is 8.06. The van der Waals surface area contributed by atoms with E-state index in [9.17, 15) is 0 Å². The van der Waals surface area contributed by atoms with Gasteiger partial charge >= 0.3 is 0 Å². The molecule has 2 rings (SSSR count). The Balaban J connectivity index is 0.000000550. The number of pyridine rings is 1. The Labute approximate surface area is 149 Å². The van der Waals surface area contributed by atoms with Crippen molar-refractivity contribution in [2.24, 2.45) is 5.10 Å². The molecule has 8 heteroatoms. The average Bonchev–Trinajstić information content (AvgIpc) is 2.52. The number of aromatic nitrogens is 1. The van der Waals surface area contributed by atoms with Gasteiger partial charge in [0.1, 0.15) is 6.21 Å². The van der Waals surface area contributed by atoms with Crippen molar-refractivity contribution in [2.45, 2.75) is 20.3 Å². The number of nitrogens with zero attached hydrogens (tertiary/aromatic N) is 3. The van der Waals surface area contributed by atoms with Crippen LogP contribution in [-0.4, -0.2) is 20.3 Å². The third-order valence-corrected chi connectivity index (χ3v) is 3.33. The molecule has 0 aliphatic carbocycles. The van der Waals surface area contributed by atoms with Crippen LogP contribution in [0, 0.1) is 17.2 Å². The van der Waals surface area contributed by atoms with Crippen LogP contribution in [0.4, 0.5) is 5.69 Å². The van der Waals surface area contributed by atoms with Gasteiger partial charge in [-0.2, -0.15) is 0 Å². The van der Waals surface area contributed by atoms with Crippen LogP contribution in [0.3, 0.4) is 0 Å². The van der Waals surface area contributed by atoms with Crippen LogP contribution in [0.1, 0.15) is 23.9 Å². The molecular weight excluding hydrogens is 346 g/mol. The average molecular weight is 368 g/mol. The summed E-state index contributed by atoms with van der Waals surface area (Å²) in [5.41, 5.74) is 4.66. The number of anilines is 1. The summed E-state index contributed by atoms with van der Waals surface area (Å²) in [5, 5.41) is 4.60. The predicted octanol–water partition coefficient (Wildman–Crippen LogP) is -1.96. The predicted molar refractivity (Wildman–Crippen MR) is 84.5 cm³/mol. The molecule has 0 aliphatic heterocycles. The van der Waals surface area contributed by atoms with E-state index in [-0.39, 0.29) is 0 Å². The molecule has 0 unspecified atom stereocenters. The van der Waals surface area contributed by atoms with E-state index < -0.39 is 10.2 Å². The number of hydrogen-bond donors (Lipinski definition) is 0. The minimum absolute atomic E-state index is 0.971. The Bertz CT molecular complexity index is 692. The van der Waals surface area contributed by atoms with E-state index in [0.717, 1.165) is 17.7 Å². The van der Waals surface area contributed by atoms with E-state index in [1.54, 1.807) is 0 Å². The number of aryl methyl sites for hydroxylation is 2. The largest absolute Gasteiger partial charge is 0.378 e. The molecule has 1 aromatic carbocycles. The highest BCUT2D eigenvalue weighted by Crippen LogP contribution is 2.10. The molecule has 0 atom stereocenters. The summed E-state index contributed by atoms with van der Waals surface area (Å²) in [5.74, 6) is 0. The Morgan fingerprint density at radius 3 is 2.08 bits per heavy atom. The molecule has 0 saturated carbocycles. The van der Waals surface area contributed by atoms with E-state index in [1.807, 2.05) is 25.0 Å². The van der Waals surface area contributed by atoms with Crippen LogP contribution in [0.25, 0.3) is 0 Å². The summed E-state index contributed by atoms with van der Waals surface area (Å²) in [6.07, 6.45) is 2.88. The SMILES string of the molecule is CCc1cccc(C)[n+]1N=Cc1ccc(N(C)C)cc1.[O-][Cl+3]([O-])([O-])[O-]. The molecule has 1 heterocycles. The molecule has 0 aliphatic rings. The minimum atomic E-state index is -4.94. The maximum Gasteiger partial charge on any atom is 0.214 e. The molecular formula is C17H22ClN3O4. The second kappa shape index (κ2) is 9.45. The Kier molecular flexibility index (Phi) is 7.95. The zero-order valence-corrected chi connectivity index (χ0v) is 15.4. The second-order valence-corrected chi connectivity index (χ2v) is 6.19. The lowest BCUT2D eigenvalue weighted by Crippen LogP contribution is -2.68. The minimum Gasteiger partial charge on any atom is -0.378 e. The van der Waals surface area contributed by atoms with Crippen molar-refractivity contribution in [3.05, 3.63) is 59.4 Å². The highest BCUT2D eigenvalue weighted by molar-refractivity contribution is 5.79. The zero-order chi connectivity index (χ0) is 19.0. The highest BCUT2D eigenvalue weighted by atomic mass is 35.7. The molecule has 0 fully saturated rings. The molecule has 136 valence electrons. The molecule has 0 saturated heterocycles. The second-order valence-electron chi connectivity index (χ2n) is 5.43. The normalized spacial score (nSPS) is 11.2. The van der Waals surface area contributed by atoms with Crippen molar-refractivity contribution in [1.82, 2.24) is 0 Å². The van der Waals surface area contributed by atoms with Crippen molar-refractivity contribution < 1.29 is 33.6 Å². The fraction of sp³-hybridized carbons (Fsp3) is 0.294. The lowest BCUT2D eigenvalue weighted by atomic mass is 10.2. The van der Waals surface area contributed by atoms with Crippen LogP contribution in [0.2, 0.25) is 0 Å². The number of rotatable bonds is 4. The first-order valence-electron chi connectivity index (χ1n) is 7.56. The van der Waals surface area contributed by atoms with Gasteiger partial charge in [0, 0.05) is 45.3 Å². The quantitative estimate of drug-likeness (QED) is 0.460. The maximum absolute atomic E-state index is 8.49. The van der Waals surface area contributed by atoms with Crippen LogP contribution >= 0.6 is 0 Å². The van der Waals surface area contributed by atoms with E-state index in [2.05, 4.69) is 66.3 Å². The fourth-order valence-corrected chi connectivity index (χ4v) is 2.08. The van der Waals surface area contributed by atoms with Gasteiger partial charge in [-0.15, -0.1) is 10.2 Å². The van der Waals surface area contributed by atoms with Gasteiger partial charge in [0.25, 0.3) is 0 Å². The molecule has 7 nitrogen and oxygen atoms in total.